The minimum Gasteiger partial charge on any atom is -0.493 e. The van der Waals surface area contributed by atoms with Crippen molar-refractivity contribution in [3.63, 3.8) is 0 Å². The van der Waals surface area contributed by atoms with E-state index in [0.717, 1.165) is 0 Å². The van der Waals surface area contributed by atoms with Crippen molar-refractivity contribution in [2.75, 3.05) is 14.2 Å². The van der Waals surface area contributed by atoms with Crippen LogP contribution < -0.4 is 9.47 Å². The van der Waals surface area contributed by atoms with E-state index in [1.807, 2.05) is 0 Å². The van der Waals surface area contributed by atoms with Crippen LogP contribution in [0.2, 0.25) is 0 Å². The van der Waals surface area contributed by atoms with E-state index >= 15 is 0 Å². The van der Waals surface area contributed by atoms with E-state index < -0.39 is 10.9 Å². The average molecular weight is 354 g/mol. The molecule has 2 aromatic rings. The minimum absolute atomic E-state index is 0.00631. The van der Waals surface area contributed by atoms with Crippen LogP contribution in [0, 0.1) is 10.1 Å². The van der Waals surface area contributed by atoms with E-state index in [1.165, 1.54) is 38.5 Å². The number of hydrogen-bond acceptors (Lipinski definition) is 7. The van der Waals surface area contributed by atoms with Gasteiger partial charge in [0.2, 0.25) is 5.90 Å². The van der Waals surface area contributed by atoms with Crippen LogP contribution in [0.15, 0.2) is 53.2 Å². The van der Waals surface area contributed by atoms with Crippen LogP contribution in [-0.2, 0) is 9.53 Å². The van der Waals surface area contributed by atoms with Gasteiger partial charge in [0, 0.05) is 23.3 Å². The lowest BCUT2D eigenvalue weighted by molar-refractivity contribution is -0.384. The zero-order valence-electron chi connectivity index (χ0n) is 14.0. The number of benzene rings is 2. The number of nitrogens with zero attached hydrogens (tertiary/aromatic N) is 2. The quantitative estimate of drug-likeness (QED) is 0.354. The topological polar surface area (TPSA) is 100 Å². The van der Waals surface area contributed by atoms with Crippen molar-refractivity contribution in [2.45, 2.75) is 0 Å². The Labute approximate surface area is 148 Å². The molecular weight excluding hydrogens is 340 g/mol. The molecule has 132 valence electrons. The summed E-state index contributed by atoms with van der Waals surface area (Å²) in [6, 6.07) is 10.9. The van der Waals surface area contributed by atoms with Gasteiger partial charge < -0.3 is 14.2 Å². The van der Waals surface area contributed by atoms with Crippen LogP contribution in [0.5, 0.6) is 11.5 Å². The Balaban J connectivity index is 2.00. The molecule has 0 unspecified atom stereocenters. The van der Waals surface area contributed by atoms with Crippen LogP contribution in [0.1, 0.15) is 11.1 Å². The molecule has 0 saturated carbocycles. The number of methoxy groups -OCH3 is 2. The van der Waals surface area contributed by atoms with Crippen LogP contribution in [0.4, 0.5) is 5.69 Å². The number of nitro benzene ring substituents is 1. The fourth-order valence-electron chi connectivity index (χ4n) is 2.46. The van der Waals surface area contributed by atoms with Gasteiger partial charge in [-0.15, -0.1) is 0 Å². The third-order valence-corrected chi connectivity index (χ3v) is 3.65. The fraction of sp³-hybridized carbons (Fsp3) is 0.111. The Kier molecular flexibility index (Phi) is 4.66. The average Bonchev–Trinajstić information content (AvgIpc) is 3.02. The fourth-order valence-corrected chi connectivity index (χ4v) is 2.46. The third-order valence-electron chi connectivity index (χ3n) is 3.65. The molecule has 0 bridgehead atoms. The number of nitro groups is 1. The molecule has 3 rings (SSSR count). The summed E-state index contributed by atoms with van der Waals surface area (Å²) in [6.45, 7) is 0. The van der Waals surface area contributed by atoms with Gasteiger partial charge in [0.1, 0.15) is 0 Å². The van der Waals surface area contributed by atoms with E-state index in [2.05, 4.69) is 4.99 Å². The Morgan fingerprint density at radius 1 is 1.15 bits per heavy atom. The monoisotopic (exact) mass is 354 g/mol. The van der Waals surface area contributed by atoms with Crippen LogP contribution >= 0.6 is 0 Å². The van der Waals surface area contributed by atoms with Gasteiger partial charge >= 0.3 is 5.97 Å². The molecule has 0 radical (unpaired) electrons. The standard InChI is InChI=1S/C18H14N2O6/c1-24-15-8-4-5-11(16(15)25-2)10-14-18(21)26-17(19-14)12-6-3-7-13(9-12)20(22)23/h3-10H,1-2H3/b14-10+. The molecular formula is C18H14N2O6. The van der Waals surface area contributed by atoms with Gasteiger partial charge in [0.05, 0.1) is 19.1 Å². The van der Waals surface area contributed by atoms with Crippen LogP contribution in [0.3, 0.4) is 0 Å². The number of carbonyl (C=O) groups excluding carboxylic acids is 1. The number of carbonyl (C=O) groups is 1. The molecule has 8 heteroatoms. The van der Waals surface area contributed by atoms with Crippen LogP contribution in [-0.4, -0.2) is 31.0 Å². The summed E-state index contributed by atoms with van der Waals surface area (Å²) >= 11 is 0. The molecule has 1 heterocycles. The second-order valence-electron chi connectivity index (χ2n) is 5.23. The second kappa shape index (κ2) is 7.06. The molecule has 1 aliphatic rings. The molecule has 0 aromatic heterocycles. The highest BCUT2D eigenvalue weighted by Crippen LogP contribution is 2.33. The maximum absolute atomic E-state index is 12.1. The zero-order chi connectivity index (χ0) is 18.7. The summed E-state index contributed by atoms with van der Waals surface area (Å²) in [5.74, 6) is 0.314. The van der Waals surface area contributed by atoms with E-state index in [9.17, 15) is 14.9 Å². The Bertz CT molecular complexity index is 948. The first-order valence-corrected chi connectivity index (χ1v) is 7.52. The number of rotatable bonds is 5. The summed E-state index contributed by atoms with van der Waals surface area (Å²) in [7, 11) is 3.00. The maximum Gasteiger partial charge on any atom is 0.363 e. The number of esters is 1. The van der Waals surface area contributed by atoms with Crippen molar-refractivity contribution >= 4 is 23.6 Å². The smallest absolute Gasteiger partial charge is 0.363 e. The van der Waals surface area contributed by atoms with Crippen molar-refractivity contribution in [3.05, 3.63) is 69.4 Å². The summed E-state index contributed by atoms with van der Waals surface area (Å²) in [4.78, 5) is 26.6. The van der Waals surface area contributed by atoms with Crippen molar-refractivity contribution in [1.82, 2.24) is 0 Å². The third kappa shape index (κ3) is 3.25. The van der Waals surface area contributed by atoms with E-state index in [0.29, 0.717) is 22.6 Å². The van der Waals surface area contributed by atoms with Gasteiger partial charge in [-0.3, -0.25) is 10.1 Å². The summed E-state index contributed by atoms with van der Waals surface area (Å²) in [6.07, 6.45) is 1.51. The summed E-state index contributed by atoms with van der Waals surface area (Å²) in [5, 5.41) is 10.9. The number of cyclic esters (lactones) is 1. The molecule has 1 aliphatic heterocycles. The lowest BCUT2D eigenvalue weighted by atomic mass is 10.1. The SMILES string of the molecule is COc1cccc(/C=C2/N=C(c3cccc([N+](=O)[O-])c3)OC2=O)c1OC. The largest absolute Gasteiger partial charge is 0.493 e. The Hall–Kier alpha value is -3.68. The van der Waals surface area contributed by atoms with Gasteiger partial charge in [-0.1, -0.05) is 18.2 Å². The van der Waals surface area contributed by atoms with Crippen LogP contribution in [0.25, 0.3) is 6.08 Å². The first-order chi connectivity index (χ1) is 12.5. The Morgan fingerprint density at radius 2 is 1.92 bits per heavy atom. The number of ether oxygens (including phenoxy) is 3. The van der Waals surface area contributed by atoms with Crippen molar-refractivity contribution in [1.29, 1.82) is 0 Å². The van der Waals surface area contributed by atoms with E-state index in [4.69, 9.17) is 14.2 Å². The molecule has 2 aromatic carbocycles. The normalized spacial score (nSPS) is 14.8. The number of hydrogen-bond donors (Lipinski definition) is 0. The predicted molar refractivity (Wildman–Crippen MR) is 93.2 cm³/mol. The first-order valence-electron chi connectivity index (χ1n) is 7.52. The summed E-state index contributed by atoms with van der Waals surface area (Å²) in [5.41, 5.74) is 0.864. The highest BCUT2D eigenvalue weighted by atomic mass is 16.6. The second-order valence-corrected chi connectivity index (χ2v) is 5.23. The lowest BCUT2D eigenvalue weighted by Crippen LogP contribution is -2.05. The Morgan fingerprint density at radius 3 is 2.62 bits per heavy atom. The molecule has 26 heavy (non-hydrogen) atoms. The van der Waals surface area contributed by atoms with Gasteiger partial charge in [0.25, 0.3) is 5.69 Å². The molecule has 0 fully saturated rings. The van der Waals surface area contributed by atoms with Crippen molar-refractivity contribution in [3.8, 4) is 11.5 Å². The molecule has 0 aliphatic carbocycles. The molecule has 0 spiro atoms. The molecule has 0 atom stereocenters. The number of non-ortho nitro benzene ring substituents is 1. The van der Waals surface area contributed by atoms with Gasteiger partial charge in [-0.25, -0.2) is 9.79 Å². The molecule has 0 saturated heterocycles. The summed E-state index contributed by atoms with van der Waals surface area (Å²) < 4.78 is 15.7. The number of para-hydroxylation sites is 1. The molecule has 0 N–H and O–H groups in total. The van der Waals surface area contributed by atoms with Gasteiger partial charge in [0.15, 0.2) is 17.2 Å². The van der Waals surface area contributed by atoms with Gasteiger partial charge in [-0.2, -0.15) is 0 Å². The highest BCUT2D eigenvalue weighted by molar-refractivity contribution is 6.13. The van der Waals surface area contributed by atoms with E-state index in [-0.39, 0.29) is 17.3 Å². The zero-order valence-corrected chi connectivity index (χ0v) is 14.0. The van der Waals surface area contributed by atoms with Crippen molar-refractivity contribution < 1.29 is 23.9 Å². The molecule has 0 amide bonds. The molecule has 8 nitrogen and oxygen atoms in total. The maximum atomic E-state index is 12.1. The first kappa shape index (κ1) is 17.2. The predicted octanol–water partition coefficient (Wildman–Crippen LogP) is 2.96. The van der Waals surface area contributed by atoms with Crippen molar-refractivity contribution in [2.24, 2.45) is 4.99 Å². The minimum atomic E-state index is -0.656. The van der Waals surface area contributed by atoms with E-state index in [1.54, 1.807) is 24.3 Å². The number of aliphatic imine (C=N–C) groups is 1. The lowest BCUT2D eigenvalue weighted by Gasteiger charge is -2.09. The van der Waals surface area contributed by atoms with Gasteiger partial charge in [-0.05, 0) is 18.2 Å². The highest BCUT2D eigenvalue weighted by Gasteiger charge is 2.25.